The van der Waals surface area contributed by atoms with E-state index >= 15 is 0 Å². The molecule has 9 heteroatoms. The molecule has 1 fully saturated rings. The predicted octanol–water partition coefficient (Wildman–Crippen LogP) is -0.622. The van der Waals surface area contributed by atoms with Crippen molar-refractivity contribution in [1.82, 2.24) is 3.97 Å². The van der Waals surface area contributed by atoms with Gasteiger partial charge in [-0.05, 0) is 18.8 Å². The minimum atomic E-state index is -4.12. The van der Waals surface area contributed by atoms with E-state index in [-0.39, 0.29) is 35.3 Å². The Bertz CT molecular complexity index is 549. The van der Waals surface area contributed by atoms with Crippen molar-refractivity contribution < 1.29 is 23.1 Å². The maximum atomic E-state index is 11.1. The molecule has 0 saturated heterocycles. The first kappa shape index (κ1) is 15.5. The fraction of sp³-hybridized carbons (Fsp3) is 0.444. The number of hydrogen-bond donors (Lipinski definition) is 2. The summed E-state index contributed by atoms with van der Waals surface area (Å²) in [4.78, 5) is 11.0. The number of nitrogens with two attached hydrogens (primary N) is 1. The van der Waals surface area contributed by atoms with Crippen LogP contribution in [0.5, 0.6) is 5.75 Å². The molecule has 18 heavy (non-hydrogen) atoms. The molecule has 0 unspecified atom stereocenters. The van der Waals surface area contributed by atoms with Crippen LogP contribution in [-0.2, 0) is 10.2 Å². The molecule has 3 N–H and O–H groups in total. The molecule has 0 radical (unpaired) electrons. The Morgan fingerprint density at radius 3 is 2.61 bits per heavy atom. The van der Waals surface area contributed by atoms with Gasteiger partial charge in [0.25, 0.3) is 0 Å². The van der Waals surface area contributed by atoms with E-state index in [2.05, 4.69) is 0 Å². The summed E-state index contributed by atoms with van der Waals surface area (Å²) in [5.41, 5.74) is -0.465. The van der Waals surface area contributed by atoms with Crippen LogP contribution in [0.4, 0.5) is 0 Å². The maximum absolute atomic E-state index is 11.1. The Morgan fingerprint density at radius 1 is 1.56 bits per heavy atom. The number of rotatable bonds is 5. The number of carboxylic acid groups (broad SMARTS) is 1. The van der Waals surface area contributed by atoms with Crippen LogP contribution in [0.25, 0.3) is 0 Å². The fourth-order valence-corrected chi connectivity index (χ4v) is 2.07. The first-order valence-electron chi connectivity index (χ1n) is 5.00. The molecule has 0 aliphatic heterocycles. The van der Waals surface area contributed by atoms with Crippen molar-refractivity contribution in [3.63, 3.8) is 0 Å². The zero-order valence-electron chi connectivity index (χ0n) is 8.87. The van der Waals surface area contributed by atoms with Crippen molar-refractivity contribution in [3.8, 4) is 5.75 Å². The monoisotopic (exact) mass is 284 g/mol. The van der Waals surface area contributed by atoms with Crippen LogP contribution >= 0.6 is 0 Å². The van der Waals surface area contributed by atoms with E-state index in [0.29, 0.717) is 16.5 Å². The molecule has 1 aliphatic rings. The number of hydrogen-bond acceptors (Lipinski definition) is 4. The first-order chi connectivity index (χ1) is 7.89. The Balaban J connectivity index is 0.00000162. The van der Waals surface area contributed by atoms with Crippen LogP contribution in [0.1, 0.15) is 23.3 Å². The molecule has 0 amide bonds. The van der Waals surface area contributed by atoms with E-state index < -0.39 is 21.9 Å². The molecule has 0 aromatic carbocycles. The number of nitrogens with zero attached hydrogens (tertiary/aromatic N) is 1. The molecule has 1 aliphatic carbocycles. The molecule has 1 saturated carbocycles. The molecule has 0 spiro atoms. The molecule has 1 aromatic heterocycles. The van der Waals surface area contributed by atoms with E-state index in [1.165, 1.54) is 6.07 Å². The number of carbonyl (C=O) groups is 1. The SMILES string of the molecule is NS(=O)(=O)n1ccc(OCC2CC2)c1C(=O)O.[NaH]. The molecule has 2 rings (SSSR count). The van der Waals surface area contributed by atoms with E-state index in [0.717, 1.165) is 19.0 Å². The molecule has 7 nitrogen and oxygen atoms in total. The van der Waals surface area contributed by atoms with Gasteiger partial charge in [-0.25, -0.2) is 13.9 Å². The van der Waals surface area contributed by atoms with Gasteiger partial charge >= 0.3 is 45.7 Å². The van der Waals surface area contributed by atoms with E-state index in [1.54, 1.807) is 0 Å². The van der Waals surface area contributed by atoms with Crippen LogP contribution in [-0.4, -0.2) is 59.6 Å². The summed E-state index contributed by atoms with van der Waals surface area (Å²) in [5, 5.41) is 13.9. The van der Waals surface area contributed by atoms with Gasteiger partial charge in [0.15, 0.2) is 11.4 Å². The zero-order valence-corrected chi connectivity index (χ0v) is 9.68. The van der Waals surface area contributed by atoms with Crippen LogP contribution in [0.15, 0.2) is 12.3 Å². The van der Waals surface area contributed by atoms with Crippen LogP contribution < -0.4 is 9.88 Å². The Kier molecular flexibility index (Phi) is 4.84. The average Bonchev–Trinajstić information content (AvgIpc) is 2.91. The molecular formula is C9H13N2NaO5S. The van der Waals surface area contributed by atoms with Crippen molar-refractivity contribution in [2.45, 2.75) is 12.8 Å². The zero-order chi connectivity index (χ0) is 12.6. The van der Waals surface area contributed by atoms with Crippen molar-refractivity contribution >= 4 is 45.7 Å². The van der Waals surface area contributed by atoms with Gasteiger partial charge in [-0.3, -0.25) is 0 Å². The van der Waals surface area contributed by atoms with Gasteiger partial charge in [0.2, 0.25) is 0 Å². The van der Waals surface area contributed by atoms with Crippen LogP contribution in [0.2, 0.25) is 0 Å². The molecule has 96 valence electrons. The van der Waals surface area contributed by atoms with E-state index in [1.807, 2.05) is 0 Å². The summed E-state index contributed by atoms with van der Waals surface area (Å²) in [6.07, 6.45) is 3.18. The van der Waals surface area contributed by atoms with Crippen molar-refractivity contribution in [2.24, 2.45) is 11.1 Å². The average molecular weight is 284 g/mol. The third-order valence-corrected chi connectivity index (χ3v) is 3.32. The standard InChI is InChI=1S/C9H12N2O5S.Na.H/c10-17(14,15)11-4-3-7(8(11)9(12)13)16-5-6-1-2-6;;/h3-4,6H,1-2,5H2,(H,12,13)(H2,10,14,15);;. The van der Waals surface area contributed by atoms with Crippen molar-refractivity contribution in [3.05, 3.63) is 18.0 Å². The molecule has 0 atom stereocenters. The van der Waals surface area contributed by atoms with Crippen molar-refractivity contribution in [1.29, 1.82) is 0 Å². The first-order valence-corrected chi connectivity index (χ1v) is 6.50. The van der Waals surface area contributed by atoms with Gasteiger partial charge in [-0.2, -0.15) is 8.42 Å². The number of aromatic nitrogens is 1. The van der Waals surface area contributed by atoms with Gasteiger partial charge in [0.1, 0.15) is 0 Å². The van der Waals surface area contributed by atoms with Crippen LogP contribution in [0.3, 0.4) is 0 Å². The van der Waals surface area contributed by atoms with Crippen molar-refractivity contribution in [2.75, 3.05) is 6.61 Å². The second-order valence-electron chi connectivity index (χ2n) is 3.93. The molecule has 1 aromatic rings. The summed E-state index contributed by atoms with van der Waals surface area (Å²) in [6.45, 7) is 0.398. The third-order valence-electron chi connectivity index (χ3n) is 2.46. The summed E-state index contributed by atoms with van der Waals surface area (Å²) in [5.74, 6) is -0.928. The number of aromatic carboxylic acids is 1. The topological polar surface area (TPSA) is 112 Å². The summed E-state index contributed by atoms with van der Waals surface area (Å²) < 4.78 is 28.1. The molecule has 1 heterocycles. The second-order valence-corrected chi connectivity index (χ2v) is 5.35. The van der Waals surface area contributed by atoms with Gasteiger partial charge in [-0.1, -0.05) is 0 Å². The molecule has 0 bridgehead atoms. The number of ether oxygens (including phenoxy) is 1. The minimum absolute atomic E-state index is 0. The Labute approximate surface area is 126 Å². The van der Waals surface area contributed by atoms with Gasteiger partial charge in [-0.15, -0.1) is 0 Å². The van der Waals surface area contributed by atoms with E-state index in [9.17, 15) is 13.2 Å². The van der Waals surface area contributed by atoms with E-state index in [4.69, 9.17) is 15.0 Å². The summed E-state index contributed by atoms with van der Waals surface area (Å²) in [7, 11) is -4.12. The number of carboxylic acids is 1. The molecular weight excluding hydrogens is 271 g/mol. The second kappa shape index (κ2) is 5.62. The predicted molar refractivity (Wildman–Crippen MR) is 65.3 cm³/mol. The Hall–Kier alpha value is -0.540. The fourth-order valence-electron chi connectivity index (χ4n) is 1.42. The summed E-state index contributed by atoms with van der Waals surface area (Å²) in [6, 6.07) is 1.29. The van der Waals surface area contributed by atoms with Gasteiger partial charge < -0.3 is 9.84 Å². The normalized spacial score (nSPS) is 14.9. The third kappa shape index (κ3) is 3.48. The Morgan fingerprint density at radius 2 is 2.17 bits per heavy atom. The quantitative estimate of drug-likeness (QED) is 0.700. The summed E-state index contributed by atoms with van der Waals surface area (Å²) >= 11 is 0. The van der Waals surface area contributed by atoms with Gasteiger partial charge in [0, 0.05) is 12.3 Å². The van der Waals surface area contributed by atoms with Crippen LogP contribution in [0, 0.1) is 5.92 Å². The van der Waals surface area contributed by atoms with Gasteiger partial charge in [0.05, 0.1) is 6.61 Å².